The van der Waals surface area contributed by atoms with Gasteiger partial charge in [-0.15, -0.1) is 0 Å². The van der Waals surface area contributed by atoms with Crippen LogP contribution in [0.1, 0.15) is 18.4 Å². The average Bonchev–Trinajstić information content (AvgIpc) is 2.36. The van der Waals surface area contributed by atoms with Crippen LogP contribution in [0.3, 0.4) is 0 Å². The van der Waals surface area contributed by atoms with Crippen LogP contribution in [0.4, 0.5) is 24.5 Å². The lowest BCUT2D eigenvalue weighted by molar-refractivity contribution is -0.384. The van der Waals surface area contributed by atoms with Crippen LogP contribution in [0.2, 0.25) is 0 Å². The number of nitrogens with zero attached hydrogens (tertiary/aromatic N) is 1. The molecule has 0 radical (unpaired) electrons. The summed E-state index contributed by atoms with van der Waals surface area (Å²) in [5.41, 5.74) is 2.70. The average molecular weight is 293 g/mol. The van der Waals surface area contributed by atoms with Gasteiger partial charge in [-0.2, -0.15) is 13.2 Å². The molecule has 0 saturated heterocycles. The first-order valence-electron chi connectivity index (χ1n) is 5.72. The Labute approximate surface area is 112 Å². The van der Waals surface area contributed by atoms with E-state index in [9.17, 15) is 23.3 Å². The first-order chi connectivity index (χ1) is 9.33. The summed E-state index contributed by atoms with van der Waals surface area (Å²) in [6.07, 6.45) is -5.21. The van der Waals surface area contributed by atoms with Gasteiger partial charge in [0.2, 0.25) is 0 Å². The molecule has 9 heteroatoms. The number of anilines is 1. The Morgan fingerprint density at radius 2 is 2.10 bits per heavy atom. The fraction of sp³-hybridized carbons (Fsp3) is 0.455. The topological polar surface area (TPSA) is 90.4 Å². The number of ether oxygens (including phenoxy) is 1. The summed E-state index contributed by atoms with van der Waals surface area (Å²) >= 11 is 0. The van der Waals surface area contributed by atoms with Gasteiger partial charge in [0.05, 0.1) is 11.5 Å². The third kappa shape index (κ3) is 5.41. The number of nitro groups is 1. The standard InChI is InChI=1S/C11H14F3N3O3/c12-11(13,14)4-1-5-20-7-8-2-3-10(17(18)19)9(6-8)16-15/h2-3,6,16H,1,4-5,7,15H2. The van der Waals surface area contributed by atoms with Gasteiger partial charge in [-0.3, -0.25) is 16.0 Å². The minimum absolute atomic E-state index is 0.0398. The second kappa shape index (κ2) is 7.06. The first-order valence-corrected chi connectivity index (χ1v) is 5.72. The molecule has 1 aromatic carbocycles. The van der Waals surface area contributed by atoms with Crippen LogP contribution in [-0.4, -0.2) is 17.7 Å². The Hall–Kier alpha value is -1.87. The largest absolute Gasteiger partial charge is 0.389 e. The molecule has 6 nitrogen and oxygen atoms in total. The maximum Gasteiger partial charge on any atom is 0.389 e. The lowest BCUT2D eigenvalue weighted by Gasteiger charge is -2.08. The fourth-order valence-electron chi connectivity index (χ4n) is 1.51. The summed E-state index contributed by atoms with van der Waals surface area (Å²) in [4.78, 5) is 10.1. The molecule has 0 aliphatic heterocycles. The predicted octanol–water partition coefficient (Wildman–Crippen LogP) is 2.74. The molecule has 0 aliphatic rings. The first kappa shape index (κ1) is 16.2. The lowest BCUT2D eigenvalue weighted by Crippen LogP contribution is -2.10. The van der Waals surface area contributed by atoms with Crippen molar-refractivity contribution in [1.29, 1.82) is 0 Å². The molecule has 0 saturated carbocycles. The summed E-state index contributed by atoms with van der Waals surface area (Å²) in [5, 5.41) is 10.7. The molecule has 0 heterocycles. The number of halogens is 3. The van der Waals surface area contributed by atoms with Gasteiger partial charge in [-0.1, -0.05) is 0 Å². The van der Waals surface area contributed by atoms with Crippen LogP contribution >= 0.6 is 0 Å². The predicted molar refractivity (Wildman–Crippen MR) is 65.9 cm³/mol. The number of hydrogen-bond donors (Lipinski definition) is 2. The molecule has 0 unspecified atom stereocenters. The minimum atomic E-state index is -4.19. The van der Waals surface area contributed by atoms with Gasteiger partial charge in [0, 0.05) is 19.1 Å². The Balaban J connectivity index is 2.47. The van der Waals surface area contributed by atoms with Gasteiger partial charge in [0.1, 0.15) is 5.69 Å². The van der Waals surface area contributed by atoms with E-state index in [1.165, 1.54) is 18.2 Å². The van der Waals surface area contributed by atoms with E-state index in [1.807, 2.05) is 0 Å². The number of nitrogen functional groups attached to an aromatic ring is 1. The molecule has 0 atom stereocenters. The highest BCUT2D eigenvalue weighted by Crippen LogP contribution is 2.25. The van der Waals surface area contributed by atoms with Crippen LogP contribution in [0.25, 0.3) is 0 Å². The van der Waals surface area contributed by atoms with E-state index in [0.717, 1.165) is 0 Å². The van der Waals surface area contributed by atoms with Crippen molar-refractivity contribution in [2.24, 2.45) is 5.84 Å². The molecule has 20 heavy (non-hydrogen) atoms. The summed E-state index contributed by atoms with van der Waals surface area (Å²) in [5.74, 6) is 5.16. The second-order valence-electron chi connectivity index (χ2n) is 4.02. The Bertz CT molecular complexity index is 466. The summed E-state index contributed by atoms with van der Waals surface area (Å²) in [7, 11) is 0. The van der Waals surface area contributed by atoms with Crippen LogP contribution in [0.5, 0.6) is 0 Å². The van der Waals surface area contributed by atoms with Crippen molar-refractivity contribution in [2.45, 2.75) is 25.6 Å². The van der Waals surface area contributed by atoms with E-state index in [1.54, 1.807) is 0 Å². The van der Waals surface area contributed by atoms with E-state index in [2.05, 4.69) is 5.43 Å². The van der Waals surface area contributed by atoms with Crippen LogP contribution in [-0.2, 0) is 11.3 Å². The van der Waals surface area contributed by atoms with Gasteiger partial charge >= 0.3 is 6.18 Å². The van der Waals surface area contributed by atoms with Gasteiger partial charge in [-0.25, -0.2) is 0 Å². The van der Waals surface area contributed by atoms with Crippen molar-refractivity contribution in [3.05, 3.63) is 33.9 Å². The van der Waals surface area contributed by atoms with Crippen molar-refractivity contribution in [3.8, 4) is 0 Å². The van der Waals surface area contributed by atoms with Gasteiger partial charge in [-0.05, 0) is 24.1 Å². The molecule has 0 spiro atoms. The number of nitrogens with two attached hydrogens (primary N) is 1. The number of benzene rings is 1. The van der Waals surface area contributed by atoms with Crippen LogP contribution < -0.4 is 11.3 Å². The molecule has 3 N–H and O–H groups in total. The maximum absolute atomic E-state index is 11.9. The van der Waals surface area contributed by atoms with E-state index in [0.29, 0.717) is 5.56 Å². The van der Waals surface area contributed by atoms with Crippen molar-refractivity contribution in [1.82, 2.24) is 0 Å². The van der Waals surface area contributed by atoms with Gasteiger partial charge < -0.3 is 10.2 Å². The molecular weight excluding hydrogens is 279 g/mol. The number of nitro benzene ring substituents is 1. The van der Waals surface area contributed by atoms with E-state index in [-0.39, 0.29) is 31.0 Å². The highest BCUT2D eigenvalue weighted by atomic mass is 19.4. The smallest absolute Gasteiger partial charge is 0.377 e. The SMILES string of the molecule is NNc1cc(COCCCC(F)(F)F)ccc1[N+](=O)[O-]. The highest BCUT2D eigenvalue weighted by molar-refractivity contribution is 5.61. The molecular formula is C11H14F3N3O3. The molecule has 0 aromatic heterocycles. The number of alkyl halides is 3. The van der Waals surface area contributed by atoms with Crippen LogP contribution in [0, 0.1) is 10.1 Å². The normalized spacial score (nSPS) is 11.4. The molecule has 0 bridgehead atoms. The zero-order chi connectivity index (χ0) is 15.2. The molecule has 0 amide bonds. The van der Waals surface area contributed by atoms with E-state index in [4.69, 9.17) is 10.6 Å². The minimum Gasteiger partial charge on any atom is -0.377 e. The monoisotopic (exact) mass is 293 g/mol. The Morgan fingerprint density at radius 3 is 2.65 bits per heavy atom. The second-order valence-corrected chi connectivity index (χ2v) is 4.02. The van der Waals surface area contributed by atoms with Crippen molar-refractivity contribution >= 4 is 11.4 Å². The van der Waals surface area contributed by atoms with Gasteiger partial charge in [0.15, 0.2) is 0 Å². The number of rotatable bonds is 7. The third-order valence-electron chi connectivity index (χ3n) is 2.43. The maximum atomic E-state index is 11.9. The molecule has 0 aliphatic carbocycles. The quantitative estimate of drug-likeness (QED) is 0.349. The Kier molecular flexibility index (Phi) is 5.71. The molecule has 112 valence electrons. The summed E-state index contributed by atoms with van der Waals surface area (Å²) in [6.45, 7) is 0.0203. The number of hydrazine groups is 1. The van der Waals surface area contributed by atoms with Gasteiger partial charge in [0.25, 0.3) is 5.69 Å². The van der Waals surface area contributed by atoms with E-state index >= 15 is 0 Å². The summed E-state index contributed by atoms with van der Waals surface area (Å²) < 4.78 is 40.7. The van der Waals surface area contributed by atoms with Crippen molar-refractivity contribution < 1.29 is 22.8 Å². The zero-order valence-corrected chi connectivity index (χ0v) is 10.4. The fourth-order valence-corrected chi connectivity index (χ4v) is 1.51. The Morgan fingerprint density at radius 1 is 1.40 bits per heavy atom. The molecule has 0 fully saturated rings. The third-order valence-corrected chi connectivity index (χ3v) is 2.43. The lowest BCUT2D eigenvalue weighted by atomic mass is 10.2. The van der Waals surface area contributed by atoms with Crippen LogP contribution in [0.15, 0.2) is 18.2 Å². The van der Waals surface area contributed by atoms with Crippen molar-refractivity contribution in [2.75, 3.05) is 12.0 Å². The highest BCUT2D eigenvalue weighted by Gasteiger charge is 2.25. The van der Waals surface area contributed by atoms with E-state index < -0.39 is 17.5 Å². The number of nitrogens with one attached hydrogen (secondary N) is 1. The summed E-state index contributed by atoms with van der Waals surface area (Å²) in [6, 6.07) is 4.13. The zero-order valence-electron chi connectivity index (χ0n) is 10.4. The van der Waals surface area contributed by atoms with Crippen molar-refractivity contribution in [3.63, 3.8) is 0 Å². The number of hydrogen-bond acceptors (Lipinski definition) is 5. The molecule has 1 rings (SSSR count). The molecule has 1 aromatic rings.